The van der Waals surface area contributed by atoms with E-state index in [0.29, 0.717) is 17.9 Å². The molecule has 0 aliphatic carbocycles. The van der Waals surface area contributed by atoms with Crippen molar-refractivity contribution in [1.29, 1.82) is 0 Å². The molecule has 0 radical (unpaired) electrons. The highest BCUT2D eigenvalue weighted by atomic mass is 32.2. The fourth-order valence-electron chi connectivity index (χ4n) is 1.39. The van der Waals surface area contributed by atoms with Crippen molar-refractivity contribution in [2.24, 2.45) is 0 Å². The molecule has 1 heterocycles. The van der Waals surface area contributed by atoms with Crippen LogP contribution >= 0.6 is 0 Å². The van der Waals surface area contributed by atoms with E-state index in [2.05, 4.69) is 20.2 Å². The molecule has 1 aromatic rings. The van der Waals surface area contributed by atoms with Crippen molar-refractivity contribution in [3.63, 3.8) is 0 Å². The Morgan fingerprint density at radius 1 is 1.35 bits per heavy atom. The molecule has 0 saturated carbocycles. The monoisotopic (exact) mass is 260 g/mol. The Labute approximate surface area is 102 Å². The quantitative estimate of drug-likeness (QED) is 0.705. The van der Waals surface area contributed by atoms with Gasteiger partial charge in [-0.3, -0.25) is 9.82 Å². The van der Waals surface area contributed by atoms with Gasteiger partial charge in [0.15, 0.2) is 0 Å². The van der Waals surface area contributed by atoms with Gasteiger partial charge in [-0.2, -0.15) is 5.10 Å². The first kappa shape index (κ1) is 14.0. The Morgan fingerprint density at radius 3 is 2.47 bits per heavy atom. The molecular weight excluding hydrogens is 240 g/mol. The zero-order chi connectivity index (χ0) is 13.1. The fraction of sp³-hybridized carbons (Fsp3) is 0.700. The SMILES string of the molecule is Cc1n[nH]c(C)c1NS(=O)(=O)CCNC(C)C. The highest BCUT2D eigenvalue weighted by molar-refractivity contribution is 7.92. The average molecular weight is 260 g/mol. The van der Waals surface area contributed by atoms with Gasteiger partial charge in [0, 0.05) is 12.6 Å². The Balaban J connectivity index is 2.61. The number of nitrogens with one attached hydrogen (secondary N) is 3. The molecule has 98 valence electrons. The van der Waals surface area contributed by atoms with E-state index in [1.54, 1.807) is 13.8 Å². The van der Waals surface area contributed by atoms with Crippen molar-refractivity contribution in [3.05, 3.63) is 11.4 Å². The first-order valence-electron chi connectivity index (χ1n) is 5.57. The fourth-order valence-corrected chi connectivity index (χ4v) is 2.49. The van der Waals surface area contributed by atoms with Crippen molar-refractivity contribution in [2.75, 3.05) is 17.0 Å². The standard InChI is InChI=1S/C10H20N4O2S/c1-7(2)11-5-6-17(15,16)14-10-8(3)12-13-9(10)4/h7,11,14H,5-6H2,1-4H3,(H,12,13). The van der Waals surface area contributed by atoms with Crippen LogP contribution in [0.5, 0.6) is 0 Å². The summed E-state index contributed by atoms with van der Waals surface area (Å²) < 4.78 is 26.1. The van der Waals surface area contributed by atoms with E-state index in [4.69, 9.17) is 0 Å². The Bertz CT molecular complexity index is 445. The molecule has 0 atom stereocenters. The molecule has 3 N–H and O–H groups in total. The van der Waals surface area contributed by atoms with Crippen LogP contribution < -0.4 is 10.0 Å². The van der Waals surface area contributed by atoms with Crippen molar-refractivity contribution in [1.82, 2.24) is 15.5 Å². The molecule has 6 nitrogen and oxygen atoms in total. The van der Waals surface area contributed by atoms with Gasteiger partial charge in [0.1, 0.15) is 0 Å². The highest BCUT2D eigenvalue weighted by Crippen LogP contribution is 2.17. The largest absolute Gasteiger partial charge is 0.313 e. The van der Waals surface area contributed by atoms with E-state index in [1.807, 2.05) is 13.8 Å². The van der Waals surface area contributed by atoms with Crippen LogP contribution in [0, 0.1) is 13.8 Å². The van der Waals surface area contributed by atoms with Gasteiger partial charge in [0.05, 0.1) is 22.8 Å². The minimum atomic E-state index is -3.32. The topological polar surface area (TPSA) is 86.9 Å². The number of aromatic nitrogens is 2. The second-order valence-electron chi connectivity index (χ2n) is 4.34. The second-order valence-corrected chi connectivity index (χ2v) is 6.18. The Kier molecular flexibility index (Phi) is 4.53. The molecule has 1 rings (SSSR count). The molecule has 0 spiro atoms. The summed E-state index contributed by atoms with van der Waals surface area (Å²) in [4.78, 5) is 0. The summed E-state index contributed by atoms with van der Waals surface area (Å²) >= 11 is 0. The molecule has 0 unspecified atom stereocenters. The minimum absolute atomic E-state index is 0.0508. The van der Waals surface area contributed by atoms with Gasteiger partial charge in [-0.15, -0.1) is 0 Å². The molecule has 1 aromatic heterocycles. The molecule has 0 aliphatic rings. The molecule has 0 saturated heterocycles. The van der Waals surface area contributed by atoms with Crippen molar-refractivity contribution in [2.45, 2.75) is 33.7 Å². The van der Waals surface area contributed by atoms with E-state index in [-0.39, 0.29) is 11.8 Å². The molecule has 0 aliphatic heterocycles. The minimum Gasteiger partial charge on any atom is -0.313 e. The summed E-state index contributed by atoms with van der Waals surface area (Å²) in [6.07, 6.45) is 0. The summed E-state index contributed by atoms with van der Waals surface area (Å²) in [5, 5.41) is 9.75. The van der Waals surface area contributed by atoms with Crippen LogP contribution in [0.3, 0.4) is 0 Å². The van der Waals surface area contributed by atoms with Crippen LogP contribution in [-0.4, -0.2) is 37.0 Å². The van der Waals surface area contributed by atoms with Crippen molar-refractivity contribution < 1.29 is 8.42 Å². The molecule has 0 fully saturated rings. The number of sulfonamides is 1. The number of hydrogen-bond acceptors (Lipinski definition) is 4. The van der Waals surface area contributed by atoms with Crippen LogP contribution in [0.1, 0.15) is 25.2 Å². The number of hydrogen-bond donors (Lipinski definition) is 3. The van der Waals surface area contributed by atoms with Gasteiger partial charge in [-0.25, -0.2) is 8.42 Å². The van der Waals surface area contributed by atoms with Crippen LogP contribution in [0.25, 0.3) is 0 Å². The lowest BCUT2D eigenvalue weighted by Crippen LogP contribution is -2.31. The second kappa shape index (κ2) is 5.50. The predicted molar refractivity (Wildman–Crippen MR) is 68.6 cm³/mol. The number of rotatable bonds is 6. The zero-order valence-electron chi connectivity index (χ0n) is 10.7. The first-order valence-corrected chi connectivity index (χ1v) is 7.22. The number of anilines is 1. The van der Waals surface area contributed by atoms with E-state index in [0.717, 1.165) is 5.69 Å². The lowest BCUT2D eigenvalue weighted by Gasteiger charge is -2.10. The zero-order valence-corrected chi connectivity index (χ0v) is 11.5. The lowest BCUT2D eigenvalue weighted by molar-refractivity contribution is 0.582. The number of aromatic amines is 1. The van der Waals surface area contributed by atoms with Crippen LogP contribution in [-0.2, 0) is 10.0 Å². The van der Waals surface area contributed by atoms with Crippen molar-refractivity contribution in [3.8, 4) is 0 Å². The third-order valence-corrected chi connectivity index (χ3v) is 3.57. The molecule has 0 amide bonds. The smallest absolute Gasteiger partial charge is 0.234 e. The normalized spacial score (nSPS) is 12.1. The van der Waals surface area contributed by atoms with Crippen LogP contribution in [0.4, 0.5) is 5.69 Å². The lowest BCUT2D eigenvalue weighted by atomic mass is 10.3. The number of nitrogens with zero attached hydrogens (tertiary/aromatic N) is 1. The van der Waals surface area contributed by atoms with Gasteiger partial charge in [0.25, 0.3) is 0 Å². The van der Waals surface area contributed by atoms with Gasteiger partial charge in [-0.1, -0.05) is 13.8 Å². The Hall–Kier alpha value is -1.08. The molecule has 0 aromatic carbocycles. The summed E-state index contributed by atoms with van der Waals surface area (Å²) in [5.41, 5.74) is 1.93. The maximum Gasteiger partial charge on any atom is 0.234 e. The van der Waals surface area contributed by atoms with Crippen LogP contribution in [0.2, 0.25) is 0 Å². The summed E-state index contributed by atoms with van der Waals surface area (Å²) in [6, 6.07) is 0.280. The van der Waals surface area contributed by atoms with Crippen LogP contribution in [0.15, 0.2) is 0 Å². The summed E-state index contributed by atoms with van der Waals surface area (Å²) in [6.45, 7) is 7.93. The maximum absolute atomic E-state index is 11.8. The molecule has 0 bridgehead atoms. The third kappa shape index (κ3) is 4.35. The molecule has 17 heavy (non-hydrogen) atoms. The van der Waals surface area contributed by atoms with E-state index in [9.17, 15) is 8.42 Å². The van der Waals surface area contributed by atoms with Gasteiger partial charge in [-0.05, 0) is 13.8 Å². The van der Waals surface area contributed by atoms with Gasteiger partial charge in [0.2, 0.25) is 10.0 Å². The van der Waals surface area contributed by atoms with Gasteiger partial charge >= 0.3 is 0 Å². The average Bonchev–Trinajstić information content (AvgIpc) is 2.48. The number of aryl methyl sites for hydroxylation is 2. The maximum atomic E-state index is 11.8. The Morgan fingerprint density at radius 2 is 2.00 bits per heavy atom. The van der Waals surface area contributed by atoms with E-state index >= 15 is 0 Å². The van der Waals surface area contributed by atoms with Crippen molar-refractivity contribution >= 4 is 15.7 Å². The molecular formula is C10H20N4O2S. The third-order valence-electron chi connectivity index (χ3n) is 2.31. The van der Waals surface area contributed by atoms with Gasteiger partial charge < -0.3 is 5.32 Å². The van der Waals surface area contributed by atoms with E-state index in [1.165, 1.54) is 0 Å². The van der Waals surface area contributed by atoms with E-state index < -0.39 is 10.0 Å². The predicted octanol–water partition coefficient (Wildman–Crippen LogP) is 0.766. The summed E-state index contributed by atoms with van der Waals surface area (Å²) in [7, 11) is -3.32. The highest BCUT2D eigenvalue weighted by Gasteiger charge is 2.15. The first-order chi connectivity index (χ1) is 7.82. The molecule has 7 heteroatoms. The number of H-pyrrole nitrogens is 1. The summed E-state index contributed by atoms with van der Waals surface area (Å²) in [5.74, 6) is 0.0508.